The van der Waals surface area contributed by atoms with E-state index in [1.54, 1.807) is 0 Å². The fourth-order valence-electron chi connectivity index (χ4n) is 9.12. The highest BCUT2D eigenvalue weighted by atomic mass is 16.3. The van der Waals surface area contributed by atoms with E-state index in [1.165, 1.54) is 49.1 Å². The average molecular weight is 780 g/mol. The van der Waals surface area contributed by atoms with Gasteiger partial charge in [0.15, 0.2) is 5.58 Å². The Bertz CT molecular complexity index is 3570. The Hall–Kier alpha value is -8.21. The Morgan fingerprint density at radius 1 is 0.393 bits per heavy atom. The maximum atomic E-state index is 6.70. The molecule has 4 nitrogen and oxygen atoms in total. The molecule has 0 amide bonds. The lowest BCUT2D eigenvalue weighted by molar-refractivity contribution is 0.620. The molecule has 2 aromatic heterocycles. The molecule has 0 fully saturated rings. The lowest BCUT2D eigenvalue weighted by atomic mass is 10.0. The van der Waals surface area contributed by atoms with Gasteiger partial charge in [0.05, 0.1) is 22.4 Å². The van der Waals surface area contributed by atoms with Crippen molar-refractivity contribution in [1.82, 2.24) is 9.55 Å². The van der Waals surface area contributed by atoms with Crippen molar-refractivity contribution in [1.29, 1.82) is 0 Å². The number of anilines is 3. The fraction of sp³-hybridized carbons (Fsp3) is 0. The highest BCUT2D eigenvalue weighted by Gasteiger charge is 2.23. The summed E-state index contributed by atoms with van der Waals surface area (Å²) in [6.07, 6.45) is 0. The molecule has 0 bridgehead atoms. The first-order valence-electron chi connectivity index (χ1n) is 20.7. The van der Waals surface area contributed by atoms with Crippen LogP contribution in [0.4, 0.5) is 17.1 Å². The summed E-state index contributed by atoms with van der Waals surface area (Å²) in [7, 11) is 0. The highest BCUT2D eigenvalue weighted by molar-refractivity contribution is 6.23. The van der Waals surface area contributed by atoms with Gasteiger partial charge in [0.25, 0.3) is 0 Å². The van der Waals surface area contributed by atoms with Gasteiger partial charge in [0.1, 0.15) is 5.52 Å². The van der Waals surface area contributed by atoms with Crippen LogP contribution in [0.25, 0.3) is 93.8 Å². The van der Waals surface area contributed by atoms with Crippen LogP contribution in [0.3, 0.4) is 0 Å². The summed E-state index contributed by atoms with van der Waals surface area (Å²) in [6, 6.07) is 79.9. The van der Waals surface area contributed by atoms with E-state index in [0.717, 1.165) is 55.9 Å². The molecule has 2 heterocycles. The van der Waals surface area contributed by atoms with E-state index < -0.39 is 0 Å². The number of hydrogen-bond donors (Lipinski definition) is 0. The first-order chi connectivity index (χ1) is 30.2. The monoisotopic (exact) mass is 779 g/mol. The molecule has 0 unspecified atom stereocenters. The minimum absolute atomic E-state index is 0.597. The molecule has 0 aliphatic heterocycles. The van der Waals surface area contributed by atoms with Crippen LogP contribution < -0.4 is 4.90 Å². The lowest BCUT2D eigenvalue weighted by Crippen LogP contribution is -2.10. The normalized spacial score (nSPS) is 11.6. The molecule has 12 aromatic rings. The molecule has 12 rings (SSSR count). The molecule has 0 saturated heterocycles. The van der Waals surface area contributed by atoms with E-state index in [0.29, 0.717) is 5.89 Å². The molecular weight excluding hydrogens is 743 g/mol. The second kappa shape index (κ2) is 14.3. The topological polar surface area (TPSA) is 34.2 Å². The first kappa shape index (κ1) is 34.8. The molecule has 286 valence electrons. The molecule has 4 heteroatoms. The van der Waals surface area contributed by atoms with Crippen LogP contribution in [0.2, 0.25) is 0 Å². The third-order valence-electron chi connectivity index (χ3n) is 12.0. The van der Waals surface area contributed by atoms with Crippen LogP contribution in [0.15, 0.2) is 229 Å². The zero-order valence-corrected chi connectivity index (χ0v) is 33.1. The fourth-order valence-corrected chi connectivity index (χ4v) is 9.12. The van der Waals surface area contributed by atoms with Crippen LogP contribution in [0, 0.1) is 0 Å². The highest BCUT2D eigenvalue weighted by Crippen LogP contribution is 2.46. The predicted octanol–water partition coefficient (Wildman–Crippen LogP) is 15.7. The number of rotatable bonds is 7. The van der Waals surface area contributed by atoms with Crippen LogP contribution >= 0.6 is 0 Å². The lowest BCUT2D eigenvalue weighted by Gasteiger charge is -2.27. The Labute approximate surface area is 352 Å². The maximum Gasteiger partial charge on any atom is 0.227 e. The largest absolute Gasteiger partial charge is 0.434 e. The van der Waals surface area contributed by atoms with E-state index >= 15 is 0 Å². The van der Waals surface area contributed by atoms with Gasteiger partial charge < -0.3 is 13.9 Å². The predicted molar refractivity (Wildman–Crippen MR) is 254 cm³/mol. The number of oxazole rings is 1. The standard InChI is InChI=1S/C57H37N3O/c1-4-14-38(15-5-1)40-28-31-45(32-29-40)59(54-25-13-22-50-56(54)61-57(58-50)41-18-8-3-9-19-41)51-24-12-21-48-47(51)34-35-53-55(48)49-20-10-11-23-52(49)60(53)46-33-30-43-36-42(26-27-44(43)37-46)39-16-6-2-7-17-39/h1-37H. The van der Waals surface area contributed by atoms with Gasteiger partial charge in [-0.3, -0.25) is 0 Å². The second-order valence-electron chi connectivity index (χ2n) is 15.6. The van der Waals surface area contributed by atoms with Gasteiger partial charge in [-0.1, -0.05) is 152 Å². The van der Waals surface area contributed by atoms with Gasteiger partial charge in [-0.15, -0.1) is 0 Å². The molecule has 0 radical (unpaired) electrons. The number of hydrogen-bond acceptors (Lipinski definition) is 3. The van der Waals surface area contributed by atoms with Crippen molar-refractivity contribution in [2.75, 3.05) is 4.90 Å². The van der Waals surface area contributed by atoms with Crippen molar-refractivity contribution < 1.29 is 4.42 Å². The van der Waals surface area contributed by atoms with Crippen molar-refractivity contribution in [3.63, 3.8) is 0 Å². The smallest absolute Gasteiger partial charge is 0.227 e. The molecule has 0 saturated carbocycles. The molecule has 0 atom stereocenters. The van der Waals surface area contributed by atoms with Gasteiger partial charge in [0, 0.05) is 33.1 Å². The Morgan fingerprint density at radius 2 is 1.00 bits per heavy atom. The molecule has 0 aliphatic carbocycles. The van der Waals surface area contributed by atoms with E-state index in [2.05, 4.69) is 198 Å². The van der Waals surface area contributed by atoms with Gasteiger partial charge in [0.2, 0.25) is 5.89 Å². The minimum Gasteiger partial charge on any atom is -0.434 e. The van der Waals surface area contributed by atoms with E-state index in [9.17, 15) is 0 Å². The molecule has 61 heavy (non-hydrogen) atoms. The van der Waals surface area contributed by atoms with Crippen molar-refractivity contribution in [3.05, 3.63) is 224 Å². The summed E-state index contributed by atoms with van der Waals surface area (Å²) in [6.45, 7) is 0. The van der Waals surface area contributed by atoms with Gasteiger partial charge in [-0.25, -0.2) is 4.98 Å². The maximum absolute atomic E-state index is 6.70. The quantitative estimate of drug-likeness (QED) is 0.162. The van der Waals surface area contributed by atoms with E-state index in [4.69, 9.17) is 9.40 Å². The SMILES string of the molecule is c1ccc(-c2ccc(N(c3cccc4c3ccc3c4c4ccccc4n3-c3ccc4cc(-c5ccccc5)ccc4c3)c3cccc4nc(-c5ccccc5)oc34)cc2)cc1. The number of para-hydroxylation sites is 2. The van der Waals surface area contributed by atoms with Crippen LogP contribution in [-0.2, 0) is 0 Å². The number of fused-ring (bicyclic) bond motifs is 7. The van der Waals surface area contributed by atoms with Gasteiger partial charge in [-0.05, 0) is 111 Å². The third kappa shape index (κ3) is 5.88. The van der Waals surface area contributed by atoms with Crippen molar-refractivity contribution >= 4 is 71.5 Å². The number of aromatic nitrogens is 2. The second-order valence-corrected chi connectivity index (χ2v) is 15.6. The Kier molecular flexibility index (Phi) is 8.13. The Balaban J connectivity index is 1.05. The van der Waals surface area contributed by atoms with Gasteiger partial charge >= 0.3 is 0 Å². The van der Waals surface area contributed by atoms with Gasteiger partial charge in [-0.2, -0.15) is 0 Å². The third-order valence-corrected chi connectivity index (χ3v) is 12.0. The summed E-state index contributed by atoms with van der Waals surface area (Å²) < 4.78 is 9.12. The molecule has 0 spiro atoms. The summed E-state index contributed by atoms with van der Waals surface area (Å²) >= 11 is 0. The zero-order valence-electron chi connectivity index (χ0n) is 33.1. The number of nitrogens with zero attached hydrogens (tertiary/aromatic N) is 3. The molecule has 0 aliphatic rings. The zero-order chi connectivity index (χ0) is 40.3. The molecular formula is C57H37N3O. The summed E-state index contributed by atoms with van der Waals surface area (Å²) in [4.78, 5) is 7.31. The summed E-state index contributed by atoms with van der Waals surface area (Å²) in [5.41, 5.74) is 13.7. The molecule has 0 N–H and O–H groups in total. The van der Waals surface area contributed by atoms with Crippen molar-refractivity contribution in [3.8, 4) is 39.4 Å². The minimum atomic E-state index is 0.597. The van der Waals surface area contributed by atoms with Crippen LogP contribution in [0.5, 0.6) is 0 Å². The first-order valence-corrected chi connectivity index (χ1v) is 20.7. The average Bonchev–Trinajstić information content (AvgIpc) is 3.93. The van der Waals surface area contributed by atoms with E-state index in [1.807, 2.05) is 36.4 Å². The van der Waals surface area contributed by atoms with Crippen molar-refractivity contribution in [2.24, 2.45) is 0 Å². The van der Waals surface area contributed by atoms with E-state index in [-0.39, 0.29) is 0 Å². The summed E-state index contributed by atoms with van der Waals surface area (Å²) in [5.74, 6) is 0.597. The van der Waals surface area contributed by atoms with Crippen LogP contribution in [-0.4, -0.2) is 9.55 Å². The number of benzene rings is 10. The molecule has 10 aromatic carbocycles. The Morgan fingerprint density at radius 3 is 1.79 bits per heavy atom. The summed E-state index contributed by atoms with van der Waals surface area (Å²) in [5, 5.41) is 7.17. The van der Waals surface area contributed by atoms with Crippen LogP contribution in [0.1, 0.15) is 0 Å². The van der Waals surface area contributed by atoms with Crippen molar-refractivity contribution in [2.45, 2.75) is 0 Å².